The van der Waals surface area contributed by atoms with Gasteiger partial charge in [0.15, 0.2) is 0 Å². The molecule has 1 aromatic heterocycles. The topological polar surface area (TPSA) is 112 Å². The Morgan fingerprint density at radius 1 is 0.430 bits per heavy atom. The standard InChI is InChI=1S/C33H62N8O.C28H58N4.5CH4/c1-25-34-28(40-17-19-42-20-18-40)36-29(35-25)41(27-23-32(6,7)38-33(8,9)24-27)16-14-12-11-13-15-39(10)26-21-30(2,3)37-31(4,5)22-26;1-11-16-32(24-21-27(6,7)30-28(8,9)22-24)18-15-13-12-14-17-31(10)23-19-25(2,3)29-26(4,5)20-23;;;;;/h26-27,37-38H,11-24H2,1-10H3;23-24,29-30H,11-22H2,1-10H3;5*1H4. The molecule has 6 heterocycles. The second-order valence-corrected chi connectivity index (χ2v) is 29.9. The number of ether oxygens (including phenoxy) is 1. The Balaban J connectivity index is 0.00000150. The van der Waals surface area contributed by atoms with Gasteiger partial charge in [-0.1, -0.05) is 69.7 Å². The van der Waals surface area contributed by atoms with Crippen LogP contribution in [0.3, 0.4) is 0 Å². The first-order valence-electron chi connectivity index (χ1n) is 30.3. The summed E-state index contributed by atoms with van der Waals surface area (Å²) in [6.07, 6.45) is 21.2. The van der Waals surface area contributed by atoms with Crippen LogP contribution in [0.5, 0.6) is 0 Å². The Hall–Kier alpha value is -1.71. The zero-order valence-electron chi connectivity index (χ0n) is 52.2. The van der Waals surface area contributed by atoms with Crippen LogP contribution in [-0.2, 0) is 4.74 Å². The van der Waals surface area contributed by atoms with Crippen LogP contribution in [0.1, 0.15) is 270 Å². The molecule has 0 bridgehead atoms. The third-order valence-corrected chi connectivity index (χ3v) is 17.0. The molecule has 6 rings (SSSR count). The number of piperidine rings is 4. The summed E-state index contributed by atoms with van der Waals surface area (Å²) in [5.41, 5.74) is 1.45. The highest BCUT2D eigenvalue weighted by Gasteiger charge is 2.43. The molecule has 0 saturated carbocycles. The van der Waals surface area contributed by atoms with E-state index in [1.807, 2.05) is 6.92 Å². The third-order valence-electron chi connectivity index (χ3n) is 17.0. The molecule has 1 aromatic rings. The molecule has 4 N–H and O–H groups in total. The Kier molecular flexibility index (Phi) is 31.3. The van der Waals surface area contributed by atoms with Crippen molar-refractivity contribution >= 4 is 11.9 Å². The number of aryl methyl sites for hydroxylation is 1. The molecule has 0 spiro atoms. The van der Waals surface area contributed by atoms with Crippen LogP contribution in [-0.4, -0.2) is 171 Å². The van der Waals surface area contributed by atoms with Gasteiger partial charge in [0.2, 0.25) is 11.9 Å². The summed E-state index contributed by atoms with van der Waals surface area (Å²) >= 11 is 0. The van der Waals surface area contributed by atoms with Gasteiger partial charge in [-0.15, -0.1) is 0 Å². The lowest BCUT2D eigenvalue weighted by Gasteiger charge is -2.50. The number of rotatable bonds is 22. The van der Waals surface area contributed by atoms with E-state index in [1.165, 1.54) is 116 Å². The van der Waals surface area contributed by atoms with Crippen LogP contribution in [0.25, 0.3) is 0 Å². The Bertz CT molecular complexity index is 1770. The van der Waals surface area contributed by atoms with Gasteiger partial charge < -0.3 is 50.5 Å². The molecule has 13 nitrogen and oxygen atoms in total. The second-order valence-electron chi connectivity index (χ2n) is 29.9. The lowest BCUT2D eigenvalue weighted by molar-refractivity contribution is 0.0644. The van der Waals surface area contributed by atoms with E-state index in [0.29, 0.717) is 18.1 Å². The quantitative estimate of drug-likeness (QED) is 0.0828. The van der Waals surface area contributed by atoms with Crippen LogP contribution < -0.4 is 31.1 Å². The van der Waals surface area contributed by atoms with Crippen LogP contribution in [0, 0.1) is 6.92 Å². The van der Waals surface area contributed by atoms with Gasteiger partial charge in [0.25, 0.3) is 0 Å². The van der Waals surface area contributed by atoms with Crippen molar-refractivity contribution in [3.63, 3.8) is 0 Å². The van der Waals surface area contributed by atoms with E-state index >= 15 is 0 Å². The van der Waals surface area contributed by atoms with Crippen molar-refractivity contribution in [3.8, 4) is 0 Å². The molecule has 0 radical (unpaired) electrons. The van der Waals surface area contributed by atoms with Crippen molar-refractivity contribution in [1.29, 1.82) is 0 Å². The van der Waals surface area contributed by atoms with Crippen molar-refractivity contribution in [2.45, 2.75) is 339 Å². The SMILES string of the molecule is C.C.C.C.C.CCCN(CCCCCCN(C)C1CC(C)(C)NC(C)(C)C1)C1CC(C)(C)NC(C)(C)C1.Cc1nc(N2CCOCC2)nc(N(CCCCCCN(C)C2CC(C)(C)NC(C)(C)C2)C2CC(C)(C)NC(C)(C)C2)n1. The van der Waals surface area contributed by atoms with Gasteiger partial charge in [0, 0.05) is 88.1 Å². The van der Waals surface area contributed by atoms with Crippen molar-refractivity contribution < 1.29 is 4.74 Å². The number of aromatic nitrogens is 3. The maximum Gasteiger partial charge on any atom is 0.230 e. The van der Waals surface area contributed by atoms with Gasteiger partial charge in [-0.2, -0.15) is 15.0 Å². The van der Waals surface area contributed by atoms with Gasteiger partial charge in [-0.25, -0.2) is 0 Å². The normalized spacial score (nSPS) is 23.2. The predicted molar refractivity (Wildman–Crippen MR) is 350 cm³/mol. The number of anilines is 2. The number of hydrogen-bond acceptors (Lipinski definition) is 13. The summed E-state index contributed by atoms with van der Waals surface area (Å²) in [5.74, 6) is 2.44. The van der Waals surface area contributed by atoms with E-state index < -0.39 is 0 Å². The van der Waals surface area contributed by atoms with Crippen molar-refractivity contribution in [2.75, 3.05) is 82.9 Å². The largest absolute Gasteiger partial charge is 0.378 e. The smallest absolute Gasteiger partial charge is 0.230 e. The van der Waals surface area contributed by atoms with Crippen LogP contribution >= 0.6 is 0 Å². The molecule has 0 unspecified atom stereocenters. The summed E-state index contributed by atoms with van der Waals surface area (Å²) in [5, 5.41) is 15.4. The first kappa shape index (κ1) is 77.3. The molecule has 5 aliphatic rings. The lowest BCUT2D eigenvalue weighted by atomic mass is 9.79. The Morgan fingerprint density at radius 2 is 0.759 bits per heavy atom. The van der Waals surface area contributed by atoms with E-state index in [2.05, 4.69) is 178 Å². The molecule has 0 amide bonds. The first-order valence-corrected chi connectivity index (χ1v) is 30.3. The third kappa shape index (κ3) is 26.0. The fourth-order valence-electron chi connectivity index (χ4n) is 15.3. The fourth-order valence-corrected chi connectivity index (χ4v) is 15.3. The minimum absolute atomic E-state index is 0. The number of morpholine rings is 1. The predicted octanol–water partition coefficient (Wildman–Crippen LogP) is 13.9. The summed E-state index contributed by atoms with van der Waals surface area (Å²) in [7, 11) is 4.69. The number of unbranched alkanes of at least 4 members (excludes halogenated alkanes) is 6. The maximum atomic E-state index is 5.59. The summed E-state index contributed by atoms with van der Waals surface area (Å²) in [6.45, 7) is 51.1. The maximum absolute atomic E-state index is 5.59. The van der Waals surface area contributed by atoms with Crippen LogP contribution in [0.4, 0.5) is 11.9 Å². The van der Waals surface area contributed by atoms with Crippen LogP contribution in [0.2, 0.25) is 0 Å². The average molecular weight is 1120 g/mol. The average Bonchev–Trinajstić information content (AvgIpc) is 3.22. The molecular weight excluding hydrogens is 977 g/mol. The van der Waals surface area contributed by atoms with Gasteiger partial charge in [-0.05, 0) is 241 Å². The first-order chi connectivity index (χ1) is 34.2. The molecule has 5 aliphatic heterocycles. The van der Waals surface area contributed by atoms with E-state index in [0.717, 1.165) is 75.9 Å². The second kappa shape index (κ2) is 32.0. The van der Waals surface area contributed by atoms with Gasteiger partial charge in [-0.3, -0.25) is 0 Å². The van der Waals surface area contributed by atoms with Gasteiger partial charge in [0.05, 0.1) is 13.2 Å². The molecule has 0 aromatic carbocycles. The Morgan fingerprint density at radius 3 is 1.13 bits per heavy atom. The van der Waals surface area contributed by atoms with Crippen molar-refractivity contribution in [3.05, 3.63) is 5.82 Å². The number of nitrogens with one attached hydrogen (secondary N) is 4. The summed E-state index contributed by atoms with van der Waals surface area (Å²) in [4.78, 5) is 27.6. The summed E-state index contributed by atoms with van der Waals surface area (Å²) < 4.78 is 5.59. The van der Waals surface area contributed by atoms with E-state index in [9.17, 15) is 0 Å². The minimum atomic E-state index is 0. The van der Waals surface area contributed by atoms with Crippen molar-refractivity contribution in [2.24, 2.45) is 0 Å². The number of nitrogens with zero attached hydrogens (tertiary/aromatic N) is 8. The highest BCUT2D eigenvalue weighted by atomic mass is 16.5. The molecule has 79 heavy (non-hydrogen) atoms. The molecule has 0 aliphatic carbocycles. The highest BCUT2D eigenvalue weighted by molar-refractivity contribution is 5.41. The molecular formula is C66H140N12O. The van der Waals surface area contributed by atoms with Crippen LogP contribution in [0.15, 0.2) is 0 Å². The minimum Gasteiger partial charge on any atom is -0.378 e. The van der Waals surface area contributed by atoms with E-state index in [4.69, 9.17) is 19.7 Å². The number of hydrogen-bond donors (Lipinski definition) is 4. The van der Waals surface area contributed by atoms with E-state index in [-0.39, 0.29) is 81.4 Å². The zero-order chi connectivity index (χ0) is 55.0. The van der Waals surface area contributed by atoms with Gasteiger partial charge in [0.1, 0.15) is 5.82 Å². The molecule has 5 fully saturated rings. The summed E-state index contributed by atoms with van der Waals surface area (Å²) in [6, 6.07) is 2.45. The molecule has 0 atom stereocenters. The zero-order valence-corrected chi connectivity index (χ0v) is 52.2. The molecule has 470 valence electrons. The van der Waals surface area contributed by atoms with Gasteiger partial charge >= 0.3 is 0 Å². The fraction of sp³-hybridized carbons (Fsp3) is 0.955. The van der Waals surface area contributed by atoms with E-state index in [1.54, 1.807) is 0 Å². The Labute approximate surface area is 493 Å². The monoisotopic (exact) mass is 1120 g/mol. The van der Waals surface area contributed by atoms with Crippen molar-refractivity contribution in [1.82, 2.24) is 50.9 Å². The molecule has 13 heteroatoms. The molecule has 5 saturated heterocycles. The highest BCUT2D eigenvalue weighted by Crippen LogP contribution is 2.36. The lowest BCUT2D eigenvalue weighted by Crippen LogP contribution is -2.62.